The molecule has 0 bridgehead atoms. The zero-order valence-electron chi connectivity index (χ0n) is 13.0. The Kier molecular flexibility index (Phi) is 4.94. The van der Waals surface area contributed by atoms with Gasteiger partial charge < -0.3 is 4.18 Å². The fourth-order valence-corrected chi connectivity index (χ4v) is 3.67. The highest BCUT2D eigenvalue weighted by atomic mass is 35.5. The van der Waals surface area contributed by atoms with Gasteiger partial charge >= 0.3 is 10.1 Å². The summed E-state index contributed by atoms with van der Waals surface area (Å²) in [5, 5.41) is 0.376. The SMILES string of the molecule is Cc1ccc(S(=O)(=O)Oc2cc(Cl)c(-c3ncccn3)c(Cl)c2)cc1. The monoisotopic (exact) mass is 394 g/mol. The summed E-state index contributed by atoms with van der Waals surface area (Å²) in [6.45, 7) is 1.86. The zero-order valence-corrected chi connectivity index (χ0v) is 15.3. The van der Waals surface area contributed by atoms with Crippen LogP contribution in [0.1, 0.15) is 5.56 Å². The van der Waals surface area contributed by atoms with E-state index in [1.54, 1.807) is 30.6 Å². The maximum atomic E-state index is 12.4. The lowest BCUT2D eigenvalue weighted by atomic mass is 10.2. The fraction of sp³-hybridized carbons (Fsp3) is 0.0588. The molecule has 0 saturated carbocycles. The Morgan fingerprint density at radius 2 is 1.52 bits per heavy atom. The van der Waals surface area contributed by atoms with Crippen molar-refractivity contribution in [3.8, 4) is 17.1 Å². The van der Waals surface area contributed by atoms with Gasteiger partial charge in [-0.15, -0.1) is 0 Å². The van der Waals surface area contributed by atoms with E-state index in [0.717, 1.165) is 5.56 Å². The molecule has 0 fully saturated rings. The number of halogens is 2. The third-order valence-corrected chi connectivity index (χ3v) is 5.18. The molecule has 1 aromatic heterocycles. The summed E-state index contributed by atoms with van der Waals surface area (Å²) in [7, 11) is -3.99. The van der Waals surface area contributed by atoms with E-state index >= 15 is 0 Å². The predicted octanol–water partition coefficient (Wildman–Crippen LogP) is 4.53. The van der Waals surface area contributed by atoms with Crippen molar-refractivity contribution in [3.05, 3.63) is 70.5 Å². The van der Waals surface area contributed by atoms with Gasteiger partial charge in [0.05, 0.1) is 15.6 Å². The molecule has 0 aliphatic heterocycles. The molecule has 3 aromatic rings. The van der Waals surface area contributed by atoms with E-state index in [9.17, 15) is 8.42 Å². The van der Waals surface area contributed by atoms with Crippen molar-refractivity contribution in [1.82, 2.24) is 9.97 Å². The first kappa shape index (κ1) is 17.7. The average molecular weight is 395 g/mol. The molecule has 25 heavy (non-hydrogen) atoms. The molecule has 0 saturated heterocycles. The number of rotatable bonds is 4. The normalized spacial score (nSPS) is 11.3. The number of aryl methyl sites for hydroxylation is 1. The number of benzene rings is 2. The summed E-state index contributed by atoms with van der Waals surface area (Å²) >= 11 is 12.5. The van der Waals surface area contributed by atoms with Gasteiger partial charge in [-0.3, -0.25) is 0 Å². The third kappa shape index (κ3) is 3.92. The number of aromatic nitrogens is 2. The van der Waals surface area contributed by atoms with Crippen molar-refractivity contribution in [2.75, 3.05) is 0 Å². The summed E-state index contributed by atoms with van der Waals surface area (Å²) < 4.78 is 29.9. The molecule has 0 aliphatic carbocycles. The molecule has 1 heterocycles. The molecule has 0 amide bonds. The Bertz CT molecular complexity index is 985. The van der Waals surface area contributed by atoms with Crippen molar-refractivity contribution in [2.24, 2.45) is 0 Å². The van der Waals surface area contributed by atoms with Crippen LogP contribution in [0.5, 0.6) is 5.75 Å². The van der Waals surface area contributed by atoms with Crippen LogP contribution in [0.25, 0.3) is 11.4 Å². The maximum absolute atomic E-state index is 12.4. The smallest absolute Gasteiger partial charge is 0.339 e. The van der Waals surface area contributed by atoms with Crippen molar-refractivity contribution >= 4 is 33.3 Å². The van der Waals surface area contributed by atoms with Crippen LogP contribution >= 0.6 is 23.2 Å². The highest BCUT2D eigenvalue weighted by Crippen LogP contribution is 2.37. The Labute approximate surface area is 155 Å². The number of hydrogen-bond donors (Lipinski definition) is 0. The van der Waals surface area contributed by atoms with E-state index in [-0.39, 0.29) is 20.7 Å². The van der Waals surface area contributed by atoms with E-state index in [4.69, 9.17) is 27.4 Å². The minimum Gasteiger partial charge on any atom is -0.379 e. The van der Waals surface area contributed by atoms with Crippen LogP contribution in [-0.4, -0.2) is 18.4 Å². The van der Waals surface area contributed by atoms with Crippen molar-refractivity contribution in [1.29, 1.82) is 0 Å². The number of hydrogen-bond acceptors (Lipinski definition) is 5. The lowest BCUT2D eigenvalue weighted by Crippen LogP contribution is -2.09. The number of nitrogens with zero attached hydrogens (tertiary/aromatic N) is 2. The molecular weight excluding hydrogens is 383 g/mol. The van der Waals surface area contributed by atoms with Gasteiger partial charge in [0.15, 0.2) is 5.82 Å². The average Bonchev–Trinajstić information content (AvgIpc) is 2.55. The molecule has 128 valence electrons. The molecule has 0 atom stereocenters. The largest absolute Gasteiger partial charge is 0.379 e. The van der Waals surface area contributed by atoms with Crippen LogP contribution in [0.2, 0.25) is 10.0 Å². The van der Waals surface area contributed by atoms with Gasteiger partial charge in [0, 0.05) is 24.5 Å². The van der Waals surface area contributed by atoms with Crippen molar-refractivity contribution in [3.63, 3.8) is 0 Å². The molecule has 8 heteroatoms. The van der Waals surface area contributed by atoms with Gasteiger partial charge in [0.2, 0.25) is 0 Å². The molecule has 5 nitrogen and oxygen atoms in total. The summed E-state index contributed by atoms with van der Waals surface area (Å²) in [6, 6.07) is 10.7. The second-order valence-corrected chi connectivity index (χ2v) is 7.55. The molecule has 0 N–H and O–H groups in total. The highest BCUT2D eigenvalue weighted by molar-refractivity contribution is 7.87. The molecule has 2 aromatic carbocycles. The van der Waals surface area contributed by atoms with E-state index < -0.39 is 10.1 Å². The molecule has 3 rings (SSSR count). The standard InChI is InChI=1S/C17H12Cl2N2O3S/c1-11-3-5-13(6-4-11)25(22,23)24-12-9-14(18)16(15(19)10-12)17-20-7-2-8-21-17/h2-10H,1H3. The van der Waals surface area contributed by atoms with Crippen LogP contribution in [0, 0.1) is 6.92 Å². The quantitative estimate of drug-likeness (QED) is 0.608. The van der Waals surface area contributed by atoms with Crippen LogP contribution < -0.4 is 4.18 Å². The molecule has 0 radical (unpaired) electrons. The topological polar surface area (TPSA) is 69.2 Å². The van der Waals surface area contributed by atoms with Crippen molar-refractivity contribution < 1.29 is 12.6 Å². The van der Waals surface area contributed by atoms with Crippen LogP contribution in [0.4, 0.5) is 0 Å². The van der Waals surface area contributed by atoms with E-state index in [1.165, 1.54) is 24.3 Å². The highest BCUT2D eigenvalue weighted by Gasteiger charge is 2.19. The van der Waals surface area contributed by atoms with E-state index in [1.807, 2.05) is 6.92 Å². The van der Waals surface area contributed by atoms with Crippen LogP contribution in [0.15, 0.2) is 59.8 Å². The lowest BCUT2D eigenvalue weighted by molar-refractivity contribution is 0.486. The minimum atomic E-state index is -3.99. The summed E-state index contributed by atoms with van der Waals surface area (Å²) in [4.78, 5) is 8.23. The first-order valence-corrected chi connectivity index (χ1v) is 9.31. The molecule has 0 unspecified atom stereocenters. The maximum Gasteiger partial charge on any atom is 0.339 e. The van der Waals surface area contributed by atoms with E-state index in [2.05, 4.69) is 9.97 Å². The Morgan fingerprint density at radius 3 is 2.08 bits per heavy atom. The second kappa shape index (κ2) is 7.00. The van der Waals surface area contributed by atoms with Gasteiger partial charge in [-0.1, -0.05) is 40.9 Å². The van der Waals surface area contributed by atoms with Gasteiger partial charge in [-0.2, -0.15) is 8.42 Å². The zero-order chi connectivity index (χ0) is 18.0. The summed E-state index contributed by atoms with van der Waals surface area (Å²) in [5.74, 6) is 0.348. The van der Waals surface area contributed by atoms with Crippen LogP contribution in [-0.2, 0) is 10.1 Å². The Morgan fingerprint density at radius 1 is 0.960 bits per heavy atom. The van der Waals surface area contributed by atoms with Gasteiger partial charge in [0.25, 0.3) is 0 Å². The van der Waals surface area contributed by atoms with Gasteiger partial charge in [0.1, 0.15) is 10.6 Å². The first-order valence-electron chi connectivity index (χ1n) is 7.14. The molecule has 0 aliphatic rings. The molecule has 0 spiro atoms. The second-order valence-electron chi connectivity index (χ2n) is 5.18. The summed E-state index contributed by atoms with van der Waals surface area (Å²) in [6.07, 6.45) is 3.11. The van der Waals surface area contributed by atoms with Crippen LogP contribution in [0.3, 0.4) is 0 Å². The predicted molar refractivity (Wildman–Crippen MR) is 96.5 cm³/mol. The first-order chi connectivity index (χ1) is 11.9. The fourth-order valence-electron chi connectivity index (χ4n) is 2.12. The van der Waals surface area contributed by atoms with Crippen molar-refractivity contribution in [2.45, 2.75) is 11.8 Å². The minimum absolute atomic E-state index is 0.00950. The summed E-state index contributed by atoms with van der Waals surface area (Å²) in [5.41, 5.74) is 1.35. The Hall–Kier alpha value is -2.15. The lowest BCUT2D eigenvalue weighted by Gasteiger charge is -2.11. The third-order valence-electron chi connectivity index (χ3n) is 3.32. The van der Waals surface area contributed by atoms with Gasteiger partial charge in [-0.05, 0) is 25.1 Å². The van der Waals surface area contributed by atoms with Gasteiger partial charge in [-0.25, -0.2) is 9.97 Å². The molecular formula is C17H12Cl2N2O3S. The van der Waals surface area contributed by atoms with E-state index in [0.29, 0.717) is 11.4 Å². The Balaban J connectivity index is 1.95.